The average molecular weight is 347 g/mol. The van der Waals surface area contributed by atoms with E-state index in [1.165, 1.54) is 20.8 Å². The highest BCUT2D eigenvalue weighted by Crippen LogP contribution is 2.23. The number of rotatable bonds is 2. The lowest BCUT2D eigenvalue weighted by molar-refractivity contribution is -0.153. The fourth-order valence-corrected chi connectivity index (χ4v) is 1.48. The van der Waals surface area contributed by atoms with E-state index in [1.807, 2.05) is 0 Å². The molecule has 3 N–H and O–H groups in total. The topological polar surface area (TPSA) is 77.2 Å². The number of carbonyl (C=O) groups is 1. The monoisotopic (exact) mass is 347 g/mol. The standard InChI is InChI=1S/C15H17F4N3O2/c1-14(2,3)24-13(23)22-11(15(17,18)19)6-4-5-9-8-21-12(20)7-10(9)16/h7-8,11H,6H2,1-3H3,(H2,20,21)(H,22,23)/t11-/m1/s1. The quantitative estimate of drug-likeness (QED) is 0.637. The second-order valence-corrected chi connectivity index (χ2v) is 5.84. The second-order valence-electron chi connectivity index (χ2n) is 5.84. The Bertz CT molecular complexity index is 657. The number of pyridine rings is 1. The zero-order valence-electron chi connectivity index (χ0n) is 13.3. The van der Waals surface area contributed by atoms with Crippen LogP contribution in [0.5, 0.6) is 0 Å². The first-order valence-corrected chi connectivity index (χ1v) is 6.84. The number of halogens is 4. The van der Waals surface area contributed by atoms with Crippen molar-refractivity contribution in [3.8, 4) is 11.8 Å². The van der Waals surface area contributed by atoms with Gasteiger partial charge in [-0.05, 0) is 20.8 Å². The molecule has 1 aromatic heterocycles. The molecule has 24 heavy (non-hydrogen) atoms. The number of anilines is 1. The van der Waals surface area contributed by atoms with Gasteiger partial charge in [-0.2, -0.15) is 13.2 Å². The molecule has 0 bridgehead atoms. The number of hydrogen-bond acceptors (Lipinski definition) is 4. The smallest absolute Gasteiger partial charge is 0.409 e. The first kappa shape index (κ1) is 19.5. The molecule has 0 saturated heterocycles. The number of alkyl halides is 3. The van der Waals surface area contributed by atoms with Crippen LogP contribution in [0.4, 0.5) is 28.2 Å². The molecular weight excluding hydrogens is 330 g/mol. The third-order valence-corrected chi connectivity index (χ3v) is 2.49. The molecule has 0 aliphatic rings. The van der Waals surface area contributed by atoms with Crippen LogP contribution in [0, 0.1) is 17.7 Å². The van der Waals surface area contributed by atoms with Crippen LogP contribution in [0.1, 0.15) is 32.8 Å². The molecule has 5 nitrogen and oxygen atoms in total. The summed E-state index contributed by atoms with van der Waals surface area (Å²) in [5.74, 6) is 3.54. The van der Waals surface area contributed by atoms with Gasteiger partial charge in [0.2, 0.25) is 0 Å². The number of nitrogens with two attached hydrogens (primary N) is 1. The van der Waals surface area contributed by atoms with Gasteiger partial charge in [0.15, 0.2) is 0 Å². The number of hydrogen-bond donors (Lipinski definition) is 2. The number of carbonyl (C=O) groups excluding carboxylic acids is 1. The molecule has 9 heteroatoms. The van der Waals surface area contributed by atoms with Crippen molar-refractivity contribution in [2.45, 2.75) is 45.0 Å². The lowest BCUT2D eigenvalue weighted by Crippen LogP contribution is -2.47. The summed E-state index contributed by atoms with van der Waals surface area (Å²) >= 11 is 0. The predicted molar refractivity (Wildman–Crippen MR) is 79.3 cm³/mol. The Morgan fingerprint density at radius 3 is 2.54 bits per heavy atom. The molecule has 132 valence electrons. The molecule has 1 amide bonds. The molecule has 1 heterocycles. The van der Waals surface area contributed by atoms with Crippen molar-refractivity contribution < 1.29 is 27.1 Å². The van der Waals surface area contributed by atoms with Gasteiger partial charge in [-0.3, -0.25) is 0 Å². The average Bonchev–Trinajstić information content (AvgIpc) is 2.36. The van der Waals surface area contributed by atoms with Gasteiger partial charge in [-0.1, -0.05) is 11.8 Å². The molecule has 0 radical (unpaired) electrons. The molecule has 0 unspecified atom stereocenters. The van der Waals surface area contributed by atoms with Crippen molar-refractivity contribution >= 4 is 11.9 Å². The zero-order valence-corrected chi connectivity index (χ0v) is 13.3. The number of alkyl carbamates (subject to hydrolysis) is 1. The van der Waals surface area contributed by atoms with Gasteiger partial charge >= 0.3 is 12.3 Å². The van der Waals surface area contributed by atoms with E-state index >= 15 is 0 Å². The summed E-state index contributed by atoms with van der Waals surface area (Å²) in [5.41, 5.74) is 4.13. The maximum atomic E-state index is 13.5. The van der Waals surface area contributed by atoms with Crippen LogP contribution in [-0.2, 0) is 4.74 Å². The SMILES string of the molecule is CC(C)(C)OC(=O)N[C@H](CC#Cc1cnc(N)cc1F)C(F)(F)F. The lowest BCUT2D eigenvalue weighted by Gasteiger charge is -2.24. The molecule has 0 aliphatic heterocycles. The minimum Gasteiger partial charge on any atom is -0.444 e. The van der Waals surface area contributed by atoms with E-state index in [-0.39, 0.29) is 11.4 Å². The van der Waals surface area contributed by atoms with Gasteiger partial charge in [0, 0.05) is 18.7 Å². The largest absolute Gasteiger partial charge is 0.444 e. The van der Waals surface area contributed by atoms with Crippen LogP contribution < -0.4 is 11.1 Å². The van der Waals surface area contributed by atoms with Crippen molar-refractivity contribution in [3.05, 3.63) is 23.6 Å². The Kier molecular flexibility index (Phi) is 6.01. The third-order valence-electron chi connectivity index (χ3n) is 2.49. The van der Waals surface area contributed by atoms with Crippen LogP contribution in [0.3, 0.4) is 0 Å². The third kappa shape index (κ3) is 6.73. The Morgan fingerprint density at radius 2 is 2.04 bits per heavy atom. The molecule has 1 aromatic rings. The normalized spacial score (nSPS) is 12.8. The van der Waals surface area contributed by atoms with Gasteiger partial charge in [0.05, 0.1) is 5.56 Å². The maximum absolute atomic E-state index is 13.5. The Morgan fingerprint density at radius 1 is 1.42 bits per heavy atom. The van der Waals surface area contributed by atoms with Crippen LogP contribution in [0.2, 0.25) is 0 Å². The van der Waals surface area contributed by atoms with Crippen LogP contribution in [0.25, 0.3) is 0 Å². The fraction of sp³-hybridized carbons (Fsp3) is 0.467. The van der Waals surface area contributed by atoms with Gasteiger partial charge in [-0.15, -0.1) is 0 Å². The number of amides is 1. The fourth-order valence-electron chi connectivity index (χ4n) is 1.48. The van der Waals surface area contributed by atoms with Crippen LogP contribution >= 0.6 is 0 Å². The van der Waals surface area contributed by atoms with E-state index in [9.17, 15) is 22.4 Å². The molecule has 0 spiro atoms. The Labute approximate surface area is 136 Å². The van der Waals surface area contributed by atoms with Gasteiger partial charge in [-0.25, -0.2) is 14.2 Å². The summed E-state index contributed by atoms with van der Waals surface area (Å²) in [6, 6.07) is -1.34. The summed E-state index contributed by atoms with van der Waals surface area (Å²) in [7, 11) is 0. The minimum atomic E-state index is -4.73. The predicted octanol–water partition coefficient (Wildman–Crippen LogP) is 3.00. The summed E-state index contributed by atoms with van der Waals surface area (Å²) in [5, 5.41) is 1.71. The van der Waals surface area contributed by atoms with E-state index < -0.39 is 36.2 Å². The van der Waals surface area contributed by atoms with Crippen molar-refractivity contribution in [3.63, 3.8) is 0 Å². The zero-order chi connectivity index (χ0) is 18.5. The van der Waals surface area contributed by atoms with Gasteiger partial charge < -0.3 is 15.8 Å². The van der Waals surface area contributed by atoms with Crippen LogP contribution in [-0.4, -0.2) is 28.9 Å². The number of aromatic nitrogens is 1. The number of nitrogen functional groups attached to an aromatic ring is 1. The summed E-state index contributed by atoms with van der Waals surface area (Å²) in [4.78, 5) is 15.1. The highest BCUT2D eigenvalue weighted by molar-refractivity contribution is 5.68. The van der Waals surface area contributed by atoms with Crippen molar-refractivity contribution in [2.24, 2.45) is 0 Å². The number of ether oxygens (including phenoxy) is 1. The maximum Gasteiger partial charge on any atom is 0.409 e. The molecule has 0 aliphatic carbocycles. The second kappa shape index (κ2) is 7.38. The molecule has 0 fully saturated rings. The van der Waals surface area contributed by atoms with Gasteiger partial charge in [0.1, 0.15) is 23.3 Å². The van der Waals surface area contributed by atoms with E-state index in [2.05, 4.69) is 16.8 Å². The highest BCUT2D eigenvalue weighted by Gasteiger charge is 2.40. The van der Waals surface area contributed by atoms with E-state index in [0.717, 1.165) is 12.3 Å². The summed E-state index contributed by atoms with van der Waals surface area (Å²) in [6.07, 6.45) is -5.70. The highest BCUT2D eigenvalue weighted by atomic mass is 19.4. The summed E-state index contributed by atoms with van der Waals surface area (Å²) < 4.78 is 57.0. The molecule has 0 aromatic carbocycles. The molecule has 0 saturated carbocycles. The molecule has 1 atom stereocenters. The Balaban J connectivity index is 2.82. The van der Waals surface area contributed by atoms with Crippen molar-refractivity contribution in [1.82, 2.24) is 10.3 Å². The van der Waals surface area contributed by atoms with Crippen molar-refractivity contribution in [2.75, 3.05) is 5.73 Å². The van der Waals surface area contributed by atoms with Crippen molar-refractivity contribution in [1.29, 1.82) is 0 Å². The number of nitrogens with one attached hydrogen (secondary N) is 1. The van der Waals surface area contributed by atoms with Crippen LogP contribution in [0.15, 0.2) is 12.3 Å². The first-order chi connectivity index (χ1) is 10.9. The Hall–Kier alpha value is -2.50. The van der Waals surface area contributed by atoms with Gasteiger partial charge in [0.25, 0.3) is 0 Å². The molecular formula is C15H17F4N3O2. The lowest BCUT2D eigenvalue weighted by atomic mass is 10.2. The van der Waals surface area contributed by atoms with E-state index in [4.69, 9.17) is 10.5 Å². The van der Waals surface area contributed by atoms with E-state index in [0.29, 0.717) is 0 Å². The molecule has 1 rings (SSSR count). The number of nitrogens with zero attached hydrogens (tertiary/aromatic N) is 1. The van der Waals surface area contributed by atoms with E-state index in [1.54, 1.807) is 5.32 Å². The summed E-state index contributed by atoms with van der Waals surface area (Å²) in [6.45, 7) is 4.56. The minimum absolute atomic E-state index is 0.0715. The first-order valence-electron chi connectivity index (χ1n) is 6.84.